The Kier molecular flexibility index (Phi) is 5.96. The topological polar surface area (TPSA) is 20.3 Å². The first-order valence-corrected chi connectivity index (χ1v) is 6.30. The summed E-state index contributed by atoms with van der Waals surface area (Å²) in [5, 5.41) is -0.451. The van der Waals surface area contributed by atoms with Crippen molar-refractivity contribution in [2.24, 2.45) is 0 Å². The van der Waals surface area contributed by atoms with Gasteiger partial charge in [0, 0.05) is 36.1 Å². The number of alkyl halides is 2. The third-order valence-corrected chi connectivity index (χ3v) is 2.72. The number of carbonyl (C=O) groups excluding carboxylic acids is 1. The Labute approximate surface area is 110 Å². The fraction of sp³-hybridized carbons (Fsp3) is 0.364. The molecule has 0 unspecified atom stereocenters. The van der Waals surface area contributed by atoms with E-state index in [-0.39, 0.29) is 0 Å². The molecule has 0 aliphatic rings. The molecule has 0 fully saturated rings. The van der Waals surface area contributed by atoms with Crippen molar-refractivity contribution in [1.82, 2.24) is 0 Å². The van der Waals surface area contributed by atoms with E-state index < -0.39 is 5.24 Å². The van der Waals surface area contributed by atoms with Gasteiger partial charge < -0.3 is 4.90 Å². The lowest BCUT2D eigenvalue weighted by molar-refractivity contribution is 0.108. The Morgan fingerprint density at radius 1 is 1.06 bits per heavy atom. The lowest BCUT2D eigenvalue weighted by Crippen LogP contribution is -2.27. The van der Waals surface area contributed by atoms with E-state index in [4.69, 9.17) is 34.8 Å². The molecule has 2 nitrogen and oxygen atoms in total. The van der Waals surface area contributed by atoms with Crippen LogP contribution in [0.5, 0.6) is 0 Å². The third-order valence-electron chi connectivity index (χ3n) is 2.17. The monoisotopic (exact) mass is 279 g/mol. The summed E-state index contributed by atoms with van der Waals surface area (Å²) in [7, 11) is 0. The highest BCUT2D eigenvalue weighted by molar-refractivity contribution is 6.67. The fourth-order valence-corrected chi connectivity index (χ4v) is 1.91. The minimum Gasteiger partial charge on any atom is -0.369 e. The van der Waals surface area contributed by atoms with Crippen LogP contribution in [0.25, 0.3) is 0 Å². The molecule has 0 N–H and O–H groups in total. The molecular weight excluding hydrogens is 268 g/mol. The van der Waals surface area contributed by atoms with Crippen molar-refractivity contribution < 1.29 is 4.79 Å². The van der Waals surface area contributed by atoms with Crippen molar-refractivity contribution in [3.63, 3.8) is 0 Å². The van der Waals surface area contributed by atoms with Crippen molar-refractivity contribution in [1.29, 1.82) is 0 Å². The molecule has 0 aromatic heterocycles. The molecule has 1 aromatic rings. The molecule has 0 aliphatic heterocycles. The molecule has 0 bridgehead atoms. The van der Waals surface area contributed by atoms with Gasteiger partial charge in [-0.2, -0.15) is 0 Å². The van der Waals surface area contributed by atoms with Crippen molar-refractivity contribution in [2.45, 2.75) is 0 Å². The van der Waals surface area contributed by atoms with Gasteiger partial charge in [0.05, 0.1) is 0 Å². The second-order valence-electron chi connectivity index (χ2n) is 3.19. The Hall–Kier alpha value is -0.440. The van der Waals surface area contributed by atoms with Gasteiger partial charge in [-0.3, -0.25) is 4.79 Å². The molecule has 1 rings (SSSR count). The van der Waals surface area contributed by atoms with Crippen LogP contribution >= 0.6 is 34.8 Å². The second-order valence-corrected chi connectivity index (χ2v) is 4.28. The van der Waals surface area contributed by atoms with Crippen LogP contribution in [-0.4, -0.2) is 30.1 Å². The summed E-state index contributed by atoms with van der Waals surface area (Å²) in [6.07, 6.45) is 0. The maximum absolute atomic E-state index is 10.9. The van der Waals surface area contributed by atoms with Gasteiger partial charge in [0.25, 0.3) is 5.24 Å². The molecule has 0 aliphatic carbocycles. The number of rotatable bonds is 6. The molecule has 0 spiro atoms. The van der Waals surface area contributed by atoms with Crippen LogP contribution in [0, 0.1) is 0 Å². The zero-order chi connectivity index (χ0) is 12.0. The minimum absolute atomic E-state index is 0.451. The van der Waals surface area contributed by atoms with Crippen LogP contribution < -0.4 is 4.90 Å². The predicted molar refractivity (Wildman–Crippen MR) is 70.3 cm³/mol. The number of nitrogens with zero attached hydrogens (tertiary/aromatic N) is 1. The Bertz CT molecular complexity index is 334. The zero-order valence-electron chi connectivity index (χ0n) is 8.63. The van der Waals surface area contributed by atoms with Gasteiger partial charge >= 0.3 is 0 Å². The van der Waals surface area contributed by atoms with Gasteiger partial charge in [-0.25, -0.2) is 0 Å². The van der Waals surface area contributed by atoms with Crippen LogP contribution in [0.1, 0.15) is 10.4 Å². The molecule has 1 aromatic carbocycles. The molecule has 0 radical (unpaired) electrons. The number of hydrogen-bond donors (Lipinski definition) is 0. The molecule has 0 saturated carbocycles. The summed E-state index contributed by atoms with van der Waals surface area (Å²) in [5.74, 6) is 1.07. The average molecular weight is 281 g/mol. The molecule has 0 heterocycles. The summed E-state index contributed by atoms with van der Waals surface area (Å²) in [6.45, 7) is 1.45. The molecule has 88 valence electrons. The maximum Gasteiger partial charge on any atom is 0.252 e. The first kappa shape index (κ1) is 13.6. The van der Waals surface area contributed by atoms with Crippen molar-refractivity contribution >= 4 is 45.7 Å². The SMILES string of the molecule is O=C(Cl)c1ccc(N(CCCl)CCCl)cc1. The van der Waals surface area contributed by atoms with Gasteiger partial charge in [-0.15, -0.1) is 23.2 Å². The zero-order valence-corrected chi connectivity index (χ0v) is 10.9. The van der Waals surface area contributed by atoms with Crippen LogP contribution in [0.3, 0.4) is 0 Å². The fourth-order valence-electron chi connectivity index (χ4n) is 1.38. The smallest absolute Gasteiger partial charge is 0.252 e. The van der Waals surface area contributed by atoms with Crippen LogP contribution in [0.4, 0.5) is 5.69 Å². The number of anilines is 1. The summed E-state index contributed by atoms with van der Waals surface area (Å²) in [6, 6.07) is 7.07. The molecular formula is C11H12Cl3NO. The standard InChI is InChI=1S/C11H12Cl3NO/c12-5-7-15(8-6-13)10-3-1-9(2-4-10)11(14)16/h1-4H,5-8H2. The van der Waals surface area contributed by atoms with E-state index in [2.05, 4.69) is 4.90 Å². The Morgan fingerprint density at radius 2 is 1.56 bits per heavy atom. The Balaban J connectivity index is 2.80. The normalized spacial score (nSPS) is 10.2. The van der Waals surface area contributed by atoms with E-state index in [0.717, 1.165) is 18.8 Å². The van der Waals surface area contributed by atoms with E-state index >= 15 is 0 Å². The summed E-state index contributed by atoms with van der Waals surface area (Å²) < 4.78 is 0. The summed E-state index contributed by atoms with van der Waals surface area (Å²) in [4.78, 5) is 12.9. The highest BCUT2D eigenvalue weighted by atomic mass is 35.5. The van der Waals surface area contributed by atoms with Crippen LogP contribution in [-0.2, 0) is 0 Å². The maximum atomic E-state index is 10.9. The lowest BCUT2D eigenvalue weighted by Gasteiger charge is -2.22. The lowest BCUT2D eigenvalue weighted by atomic mass is 10.2. The largest absolute Gasteiger partial charge is 0.369 e. The molecule has 0 atom stereocenters. The molecule has 16 heavy (non-hydrogen) atoms. The van der Waals surface area contributed by atoms with Gasteiger partial charge in [0.1, 0.15) is 0 Å². The first-order valence-electron chi connectivity index (χ1n) is 4.86. The minimum atomic E-state index is -0.451. The van der Waals surface area contributed by atoms with Gasteiger partial charge in [0.2, 0.25) is 0 Å². The van der Waals surface area contributed by atoms with Gasteiger partial charge in [0.15, 0.2) is 0 Å². The van der Waals surface area contributed by atoms with E-state index in [1.165, 1.54) is 0 Å². The van der Waals surface area contributed by atoms with Crippen LogP contribution in [0.2, 0.25) is 0 Å². The Morgan fingerprint density at radius 3 is 1.94 bits per heavy atom. The second kappa shape index (κ2) is 7.00. The van der Waals surface area contributed by atoms with E-state index in [1.54, 1.807) is 12.1 Å². The van der Waals surface area contributed by atoms with Crippen LogP contribution in [0.15, 0.2) is 24.3 Å². The number of hydrogen-bond acceptors (Lipinski definition) is 2. The highest BCUT2D eigenvalue weighted by Crippen LogP contribution is 2.16. The van der Waals surface area contributed by atoms with Gasteiger partial charge in [-0.05, 0) is 35.9 Å². The third kappa shape index (κ3) is 3.85. The van der Waals surface area contributed by atoms with E-state index in [9.17, 15) is 4.79 Å². The molecule has 5 heteroatoms. The van der Waals surface area contributed by atoms with Gasteiger partial charge in [-0.1, -0.05) is 0 Å². The number of carbonyl (C=O) groups is 1. The van der Waals surface area contributed by atoms with E-state index in [1.807, 2.05) is 12.1 Å². The highest BCUT2D eigenvalue weighted by Gasteiger charge is 2.06. The van der Waals surface area contributed by atoms with Crippen molar-refractivity contribution in [3.05, 3.63) is 29.8 Å². The summed E-state index contributed by atoms with van der Waals surface area (Å²) >= 11 is 16.8. The van der Waals surface area contributed by atoms with Crippen molar-refractivity contribution in [2.75, 3.05) is 29.7 Å². The predicted octanol–water partition coefficient (Wildman–Crippen LogP) is 3.35. The number of halogens is 3. The first-order chi connectivity index (χ1) is 7.69. The van der Waals surface area contributed by atoms with E-state index in [0.29, 0.717) is 17.3 Å². The molecule has 0 amide bonds. The van der Waals surface area contributed by atoms with Crippen molar-refractivity contribution in [3.8, 4) is 0 Å². The number of benzene rings is 1. The quantitative estimate of drug-likeness (QED) is 0.588. The summed E-state index contributed by atoms with van der Waals surface area (Å²) in [5.41, 5.74) is 1.48. The average Bonchev–Trinajstić information content (AvgIpc) is 2.29. The molecule has 0 saturated heterocycles.